The van der Waals surface area contributed by atoms with Gasteiger partial charge in [0.1, 0.15) is 0 Å². The van der Waals surface area contributed by atoms with Gasteiger partial charge in [-0.15, -0.1) is 0 Å². The Labute approximate surface area is 149 Å². The van der Waals surface area contributed by atoms with E-state index in [4.69, 9.17) is 0 Å². The molecule has 0 radical (unpaired) electrons. The van der Waals surface area contributed by atoms with Crippen LogP contribution in [0, 0.1) is 26.7 Å². The summed E-state index contributed by atoms with van der Waals surface area (Å²) in [5.74, 6) is 0.337. The minimum absolute atomic E-state index is 0.0542. The number of rotatable bonds is 4. The summed E-state index contributed by atoms with van der Waals surface area (Å²) in [5, 5.41) is 16.8. The first-order chi connectivity index (χ1) is 12.0. The van der Waals surface area contributed by atoms with Gasteiger partial charge in [-0.1, -0.05) is 12.1 Å². The first-order valence-corrected chi connectivity index (χ1v) is 9.03. The Morgan fingerprint density at radius 2 is 1.96 bits per heavy atom. The smallest absolute Gasteiger partial charge is 0.254 e. The number of benzene rings is 1. The Hall–Kier alpha value is -2.14. The Morgan fingerprint density at radius 3 is 2.64 bits per heavy atom. The third-order valence-electron chi connectivity index (χ3n) is 5.29. The summed E-state index contributed by atoms with van der Waals surface area (Å²) in [5.41, 5.74) is 4.80. The summed E-state index contributed by atoms with van der Waals surface area (Å²) in [6.45, 7) is 6.29. The summed E-state index contributed by atoms with van der Waals surface area (Å²) in [6, 6.07) is 6.44. The van der Waals surface area contributed by atoms with Crippen LogP contribution in [0.2, 0.25) is 0 Å². The minimum Gasteiger partial charge on any atom is -0.396 e. The standard InChI is InChI=1S/C20H27N3O2/c1-13-4-5-14(2)19(10-13)23-15(3)18(11-21-23)20(25)22-17-8-6-16(12-24)7-9-17/h4-5,10-11,16-17,24H,6-9,12H2,1-3H3,(H,22,25). The van der Waals surface area contributed by atoms with E-state index in [1.54, 1.807) is 6.20 Å². The molecule has 0 saturated heterocycles. The zero-order chi connectivity index (χ0) is 18.0. The normalized spacial score (nSPS) is 20.5. The number of aliphatic hydroxyl groups is 1. The fourth-order valence-corrected chi connectivity index (χ4v) is 3.58. The van der Waals surface area contributed by atoms with Gasteiger partial charge >= 0.3 is 0 Å². The molecule has 1 aliphatic carbocycles. The van der Waals surface area contributed by atoms with Crippen molar-refractivity contribution in [2.75, 3.05) is 6.61 Å². The molecule has 1 aromatic carbocycles. The fraction of sp³-hybridized carbons (Fsp3) is 0.500. The number of nitrogens with one attached hydrogen (secondary N) is 1. The zero-order valence-corrected chi connectivity index (χ0v) is 15.2. The Bertz CT molecular complexity index is 758. The van der Waals surface area contributed by atoms with E-state index in [0.717, 1.165) is 42.6 Å². The number of nitrogens with zero attached hydrogens (tertiary/aromatic N) is 2. The first kappa shape index (κ1) is 17.7. The van der Waals surface area contributed by atoms with Gasteiger partial charge in [-0.25, -0.2) is 4.68 Å². The van der Waals surface area contributed by atoms with E-state index in [0.29, 0.717) is 11.5 Å². The highest BCUT2D eigenvalue weighted by Gasteiger charge is 2.24. The molecule has 1 amide bonds. The van der Waals surface area contributed by atoms with E-state index in [9.17, 15) is 9.90 Å². The van der Waals surface area contributed by atoms with Crippen LogP contribution >= 0.6 is 0 Å². The van der Waals surface area contributed by atoms with Crippen molar-refractivity contribution in [2.45, 2.75) is 52.5 Å². The van der Waals surface area contributed by atoms with Gasteiger partial charge in [-0.2, -0.15) is 5.10 Å². The predicted molar refractivity (Wildman–Crippen MR) is 98.1 cm³/mol. The van der Waals surface area contributed by atoms with E-state index < -0.39 is 0 Å². The number of hydrogen-bond acceptors (Lipinski definition) is 3. The number of carbonyl (C=O) groups excluding carboxylic acids is 1. The van der Waals surface area contributed by atoms with Gasteiger partial charge in [-0.05, 0) is 69.6 Å². The molecule has 0 aliphatic heterocycles. The molecule has 0 bridgehead atoms. The van der Waals surface area contributed by atoms with Gasteiger partial charge in [0.25, 0.3) is 5.91 Å². The third-order valence-corrected chi connectivity index (χ3v) is 5.29. The minimum atomic E-state index is -0.0542. The van der Waals surface area contributed by atoms with Gasteiger partial charge in [0.15, 0.2) is 0 Å². The Balaban J connectivity index is 1.75. The van der Waals surface area contributed by atoms with Crippen LogP contribution in [0.1, 0.15) is 52.9 Å². The lowest BCUT2D eigenvalue weighted by Crippen LogP contribution is -2.38. The highest BCUT2D eigenvalue weighted by molar-refractivity contribution is 5.95. The molecule has 5 nitrogen and oxygen atoms in total. The summed E-state index contributed by atoms with van der Waals surface area (Å²) in [4.78, 5) is 12.7. The number of amides is 1. The van der Waals surface area contributed by atoms with Gasteiger partial charge in [0, 0.05) is 12.6 Å². The highest BCUT2D eigenvalue weighted by atomic mass is 16.3. The third kappa shape index (κ3) is 3.76. The van der Waals surface area contributed by atoms with Crippen LogP contribution < -0.4 is 5.32 Å². The number of aryl methyl sites for hydroxylation is 2. The van der Waals surface area contributed by atoms with Gasteiger partial charge < -0.3 is 10.4 Å². The Morgan fingerprint density at radius 1 is 1.24 bits per heavy atom. The second kappa shape index (κ2) is 7.40. The molecule has 1 aliphatic rings. The quantitative estimate of drug-likeness (QED) is 0.898. The van der Waals surface area contributed by atoms with E-state index in [1.165, 1.54) is 5.56 Å². The second-order valence-electron chi connectivity index (χ2n) is 7.22. The molecule has 25 heavy (non-hydrogen) atoms. The molecule has 2 N–H and O–H groups in total. The lowest BCUT2D eigenvalue weighted by atomic mass is 9.86. The van der Waals surface area contributed by atoms with E-state index in [1.807, 2.05) is 11.6 Å². The maximum absolute atomic E-state index is 12.7. The van der Waals surface area contributed by atoms with Crippen LogP contribution in [0.15, 0.2) is 24.4 Å². The molecule has 1 saturated carbocycles. The highest BCUT2D eigenvalue weighted by Crippen LogP contribution is 2.24. The topological polar surface area (TPSA) is 67.2 Å². The van der Waals surface area contributed by atoms with Crippen LogP contribution in [0.5, 0.6) is 0 Å². The van der Waals surface area contributed by atoms with Gasteiger partial charge in [-0.3, -0.25) is 4.79 Å². The van der Waals surface area contributed by atoms with Crippen molar-refractivity contribution in [3.63, 3.8) is 0 Å². The van der Waals surface area contributed by atoms with Crippen molar-refractivity contribution in [1.82, 2.24) is 15.1 Å². The van der Waals surface area contributed by atoms with Gasteiger partial charge in [0.05, 0.1) is 23.1 Å². The molecule has 1 fully saturated rings. The summed E-state index contributed by atoms with van der Waals surface area (Å²) in [7, 11) is 0. The number of carbonyl (C=O) groups is 1. The molecule has 0 spiro atoms. The number of aliphatic hydroxyl groups excluding tert-OH is 1. The maximum Gasteiger partial charge on any atom is 0.254 e. The summed E-state index contributed by atoms with van der Waals surface area (Å²) in [6.07, 6.45) is 5.47. The Kier molecular flexibility index (Phi) is 5.23. The average Bonchev–Trinajstić information content (AvgIpc) is 2.99. The molecule has 134 valence electrons. The van der Waals surface area contributed by atoms with Crippen molar-refractivity contribution in [1.29, 1.82) is 0 Å². The SMILES string of the molecule is Cc1ccc(C)c(-n2ncc(C(=O)NC3CCC(CO)CC3)c2C)c1. The van der Waals surface area contributed by atoms with Crippen LogP contribution in [-0.2, 0) is 0 Å². The summed E-state index contributed by atoms with van der Waals surface area (Å²) < 4.78 is 1.85. The lowest BCUT2D eigenvalue weighted by molar-refractivity contribution is 0.0913. The van der Waals surface area contributed by atoms with E-state index in [2.05, 4.69) is 42.5 Å². The zero-order valence-electron chi connectivity index (χ0n) is 15.2. The van der Waals surface area contributed by atoms with Crippen molar-refractivity contribution in [3.8, 4) is 5.69 Å². The monoisotopic (exact) mass is 341 g/mol. The maximum atomic E-state index is 12.7. The van der Waals surface area contributed by atoms with Crippen molar-refractivity contribution < 1.29 is 9.90 Å². The first-order valence-electron chi connectivity index (χ1n) is 9.03. The van der Waals surface area contributed by atoms with Crippen LogP contribution in [0.3, 0.4) is 0 Å². The average molecular weight is 341 g/mol. The lowest BCUT2D eigenvalue weighted by Gasteiger charge is -2.27. The van der Waals surface area contributed by atoms with Crippen molar-refractivity contribution in [2.24, 2.45) is 5.92 Å². The van der Waals surface area contributed by atoms with E-state index >= 15 is 0 Å². The van der Waals surface area contributed by atoms with Crippen LogP contribution in [0.25, 0.3) is 5.69 Å². The molecule has 0 unspecified atom stereocenters. The summed E-state index contributed by atoms with van der Waals surface area (Å²) >= 11 is 0. The van der Waals surface area contributed by atoms with Crippen molar-refractivity contribution in [3.05, 3.63) is 46.8 Å². The molecule has 1 heterocycles. The van der Waals surface area contributed by atoms with Crippen molar-refractivity contribution >= 4 is 5.91 Å². The second-order valence-corrected chi connectivity index (χ2v) is 7.22. The largest absolute Gasteiger partial charge is 0.396 e. The van der Waals surface area contributed by atoms with Crippen LogP contribution in [-0.4, -0.2) is 33.4 Å². The molecular formula is C20H27N3O2. The number of hydrogen-bond donors (Lipinski definition) is 2. The predicted octanol–water partition coefficient (Wildman–Crippen LogP) is 3.08. The van der Waals surface area contributed by atoms with E-state index in [-0.39, 0.29) is 18.6 Å². The number of aromatic nitrogens is 2. The molecule has 3 rings (SSSR count). The fourth-order valence-electron chi connectivity index (χ4n) is 3.58. The van der Waals surface area contributed by atoms with Gasteiger partial charge in [0.2, 0.25) is 0 Å². The van der Waals surface area contributed by atoms with Crippen LogP contribution in [0.4, 0.5) is 0 Å². The molecule has 1 aromatic heterocycles. The molecule has 0 atom stereocenters. The molecule has 2 aromatic rings. The molecular weight excluding hydrogens is 314 g/mol. The molecule has 5 heteroatoms.